The molecule has 1 aromatic carbocycles. The monoisotopic (exact) mass is 122 g/mol. The van der Waals surface area contributed by atoms with Crippen LogP contribution < -0.4 is 5.73 Å². The van der Waals surface area contributed by atoms with E-state index in [-0.39, 0.29) is 0 Å². The van der Waals surface area contributed by atoms with Crippen molar-refractivity contribution in [1.29, 1.82) is 0 Å². The number of nitrogens with two attached hydrogens (primary N) is 1. The van der Waals surface area contributed by atoms with Crippen molar-refractivity contribution >= 4 is 0 Å². The van der Waals surface area contributed by atoms with Crippen LogP contribution in [0.5, 0.6) is 0 Å². The molecular weight excluding hydrogens is 110 g/mol. The standard InChI is InChI=1S/C8H11N/c9-7-6-8-4-2-1-3-5-8/h1-5H,6-7,9H2/i1D. The highest BCUT2D eigenvalue weighted by Crippen LogP contribution is 1.96. The van der Waals surface area contributed by atoms with Crippen LogP contribution in [0.15, 0.2) is 30.3 Å². The Labute approximate surface area is 56.9 Å². The largest absolute Gasteiger partial charge is 0.330 e. The van der Waals surface area contributed by atoms with Gasteiger partial charge in [-0.3, -0.25) is 0 Å². The zero-order valence-electron chi connectivity index (χ0n) is 6.30. The lowest BCUT2D eigenvalue weighted by atomic mass is 10.2. The molecule has 1 heteroatoms. The maximum atomic E-state index is 7.19. The fraction of sp³-hybridized carbons (Fsp3) is 0.250. The Bertz CT molecular complexity index is 193. The molecule has 0 saturated carbocycles. The highest BCUT2D eigenvalue weighted by molar-refractivity contribution is 5.14. The summed E-state index contributed by atoms with van der Waals surface area (Å²) in [6.45, 7) is 0.678. The fourth-order valence-electron chi connectivity index (χ4n) is 0.755. The van der Waals surface area contributed by atoms with Gasteiger partial charge >= 0.3 is 0 Å². The normalized spacial score (nSPS) is 11.0. The first-order chi connectivity index (χ1) is 4.83. The minimum Gasteiger partial charge on any atom is -0.330 e. The third-order valence-corrected chi connectivity index (χ3v) is 1.22. The molecule has 0 unspecified atom stereocenters. The number of hydrogen-bond donors (Lipinski definition) is 1. The quantitative estimate of drug-likeness (QED) is 0.626. The lowest BCUT2D eigenvalue weighted by Crippen LogP contribution is -2.01. The summed E-state index contributed by atoms with van der Waals surface area (Å²) in [7, 11) is 0. The summed E-state index contributed by atoms with van der Waals surface area (Å²) in [4.78, 5) is 0. The molecule has 0 atom stereocenters. The number of hydrogen-bond acceptors (Lipinski definition) is 1. The molecule has 0 bridgehead atoms. The van der Waals surface area contributed by atoms with Crippen molar-refractivity contribution in [3.63, 3.8) is 0 Å². The van der Waals surface area contributed by atoms with Crippen molar-refractivity contribution in [2.75, 3.05) is 6.54 Å². The predicted octanol–water partition coefficient (Wildman–Crippen LogP) is 1.19. The van der Waals surface area contributed by atoms with Crippen molar-refractivity contribution < 1.29 is 1.37 Å². The van der Waals surface area contributed by atoms with Crippen LogP contribution in [0.1, 0.15) is 6.93 Å². The Morgan fingerprint density at radius 2 is 2.11 bits per heavy atom. The van der Waals surface area contributed by atoms with E-state index in [0.717, 1.165) is 6.42 Å². The molecule has 48 valence electrons. The lowest BCUT2D eigenvalue weighted by molar-refractivity contribution is 0.969. The summed E-state index contributed by atoms with van der Waals surface area (Å²) >= 11 is 0. The van der Waals surface area contributed by atoms with Gasteiger partial charge in [0.25, 0.3) is 0 Å². The van der Waals surface area contributed by atoms with Gasteiger partial charge in [-0.1, -0.05) is 30.3 Å². The molecular formula is C8H11N. The summed E-state index contributed by atoms with van der Waals surface area (Å²) in [5.41, 5.74) is 6.56. The van der Waals surface area contributed by atoms with Crippen LogP contribution >= 0.6 is 0 Å². The Morgan fingerprint density at radius 1 is 1.44 bits per heavy atom. The summed E-state index contributed by atoms with van der Waals surface area (Å²) in [5, 5.41) is 0. The molecule has 0 heterocycles. The van der Waals surface area contributed by atoms with E-state index in [2.05, 4.69) is 0 Å². The fourth-order valence-corrected chi connectivity index (χ4v) is 0.755. The Balaban J connectivity index is 2.69. The zero-order valence-corrected chi connectivity index (χ0v) is 5.30. The predicted molar refractivity (Wildman–Crippen MR) is 39.2 cm³/mol. The van der Waals surface area contributed by atoms with Gasteiger partial charge in [0, 0.05) is 0 Å². The second-order valence-corrected chi connectivity index (χ2v) is 1.95. The van der Waals surface area contributed by atoms with Gasteiger partial charge in [-0.05, 0) is 18.5 Å². The van der Waals surface area contributed by atoms with Gasteiger partial charge in [0.05, 0.1) is 1.37 Å². The maximum Gasteiger partial charge on any atom is 0.0623 e. The van der Waals surface area contributed by atoms with Crippen LogP contribution in [-0.2, 0) is 6.42 Å². The van der Waals surface area contributed by atoms with Crippen molar-refractivity contribution in [2.45, 2.75) is 6.42 Å². The molecule has 1 rings (SSSR count). The third kappa shape index (κ3) is 1.86. The van der Waals surface area contributed by atoms with E-state index < -0.39 is 0 Å². The second kappa shape index (κ2) is 3.25. The molecule has 0 spiro atoms. The Kier molecular flexibility index (Phi) is 1.81. The van der Waals surface area contributed by atoms with Gasteiger partial charge < -0.3 is 5.73 Å². The highest BCUT2D eigenvalue weighted by atomic mass is 14.5. The molecule has 0 aliphatic carbocycles. The average molecular weight is 122 g/mol. The summed E-state index contributed by atoms with van der Waals surface area (Å²) in [6, 6.07) is 8.00. The molecule has 0 radical (unpaired) electrons. The maximum absolute atomic E-state index is 7.19. The summed E-state index contributed by atoms with van der Waals surface area (Å²) in [6.07, 6.45) is 0.903. The molecule has 1 nitrogen and oxygen atoms in total. The van der Waals surface area contributed by atoms with Gasteiger partial charge in [-0.15, -0.1) is 0 Å². The first kappa shape index (κ1) is 5.00. The van der Waals surface area contributed by atoms with Gasteiger partial charge in [0.2, 0.25) is 0 Å². The van der Waals surface area contributed by atoms with Crippen molar-refractivity contribution in [1.82, 2.24) is 0 Å². The first-order valence-corrected chi connectivity index (χ1v) is 3.08. The topological polar surface area (TPSA) is 26.0 Å². The van der Waals surface area contributed by atoms with Gasteiger partial charge in [0.1, 0.15) is 0 Å². The molecule has 0 saturated heterocycles. The highest BCUT2D eigenvalue weighted by Gasteiger charge is 1.84. The van der Waals surface area contributed by atoms with Crippen molar-refractivity contribution in [3.8, 4) is 0 Å². The molecule has 0 aromatic heterocycles. The van der Waals surface area contributed by atoms with Gasteiger partial charge in [0.15, 0.2) is 0 Å². The summed E-state index contributed by atoms with van der Waals surface area (Å²) in [5.74, 6) is 0. The van der Waals surface area contributed by atoms with E-state index in [1.54, 1.807) is 12.1 Å². The lowest BCUT2D eigenvalue weighted by Gasteiger charge is -1.93. The Morgan fingerprint density at radius 3 is 2.67 bits per heavy atom. The molecule has 0 fully saturated rings. The molecule has 0 amide bonds. The SMILES string of the molecule is [2H]c1ccc(CCN)cc1. The molecule has 9 heavy (non-hydrogen) atoms. The second-order valence-electron chi connectivity index (χ2n) is 1.95. The number of benzene rings is 1. The van der Waals surface area contributed by atoms with E-state index in [9.17, 15) is 0 Å². The van der Waals surface area contributed by atoms with Gasteiger partial charge in [-0.25, -0.2) is 0 Å². The third-order valence-electron chi connectivity index (χ3n) is 1.22. The number of rotatable bonds is 2. The van der Waals surface area contributed by atoms with E-state index in [1.807, 2.05) is 12.1 Å². The minimum absolute atomic E-state index is 0.556. The van der Waals surface area contributed by atoms with Crippen molar-refractivity contribution in [2.24, 2.45) is 5.73 Å². The summed E-state index contributed by atoms with van der Waals surface area (Å²) < 4.78 is 7.19. The van der Waals surface area contributed by atoms with Gasteiger partial charge in [-0.2, -0.15) is 0 Å². The first-order valence-electron chi connectivity index (χ1n) is 3.58. The van der Waals surface area contributed by atoms with Crippen LogP contribution in [0.4, 0.5) is 0 Å². The van der Waals surface area contributed by atoms with Crippen LogP contribution in [0.3, 0.4) is 0 Å². The van der Waals surface area contributed by atoms with E-state index >= 15 is 0 Å². The van der Waals surface area contributed by atoms with E-state index in [0.29, 0.717) is 12.6 Å². The molecule has 2 N–H and O–H groups in total. The molecule has 0 aliphatic heterocycles. The Hall–Kier alpha value is -0.820. The van der Waals surface area contributed by atoms with Crippen LogP contribution in [0, 0.1) is 0 Å². The average Bonchev–Trinajstić information content (AvgIpc) is 1.95. The molecule has 0 aliphatic rings. The molecule has 1 aromatic rings. The zero-order chi connectivity index (χ0) is 7.40. The van der Waals surface area contributed by atoms with Crippen molar-refractivity contribution in [3.05, 3.63) is 35.9 Å². The van der Waals surface area contributed by atoms with E-state index in [1.165, 1.54) is 5.56 Å². The minimum atomic E-state index is 0.556. The van der Waals surface area contributed by atoms with Crippen LogP contribution in [0.2, 0.25) is 0 Å². The van der Waals surface area contributed by atoms with Crippen LogP contribution in [0.25, 0.3) is 0 Å². The van der Waals surface area contributed by atoms with Crippen LogP contribution in [-0.4, -0.2) is 6.54 Å². The smallest absolute Gasteiger partial charge is 0.0623 e. The van der Waals surface area contributed by atoms with E-state index in [4.69, 9.17) is 7.10 Å².